The minimum atomic E-state index is -0.392. The van der Waals surface area contributed by atoms with Crippen LogP contribution >= 0.6 is 0 Å². The van der Waals surface area contributed by atoms with Gasteiger partial charge in [0, 0.05) is 56.2 Å². The Morgan fingerprint density at radius 2 is 2.11 bits per heavy atom. The number of rotatable bonds is 10. The van der Waals surface area contributed by atoms with Crippen molar-refractivity contribution < 1.29 is 14.3 Å². The highest BCUT2D eigenvalue weighted by Crippen LogP contribution is 2.40. The van der Waals surface area contributed by atoms with Gasteiger partial charge in [-0.25, -0.2) is 9.98 Å². The molecule has 1 amide bonds. The topological polar surface area (TPSA) is 127 Å². The van der Waals surface area contributed by atoms with Crippen molar-refractivity contribution >= 4 is 35.2 Å². The molecular formula is C28H35N7O3. The fourth-order valence-electron chi connectivity index (χ4n) is 4.70. The summed E-state index contributed by atoms with van der Waals surface area (Å²) in [5.74, 6) is 1.23. The number of hydrogen-bond acceptors (Lipinski definition) is 8. The second-order valence-corrected chi connectivity index (χ2v) is 9.39. The van der Waals surface area contributed by atoms with Crippen LogP contribution in [0.25, 0.3) is 11.2 Å². The summed E-state index contributed by atoms with van der Waals surface area (Å²) in [6, 6.07) is 7.56. The Morgan fingerprint density at radius 3 is 2.74 bits per heavy atom. The van der Waals surface area contributed by atoms with E-state index in [-0.39, 0.29) is 17.9 Å². The summed E-state index contributed by atoms with van der Waals surface area (Å²) in [7, 11) is 4.94. The van der Waals surface area contributed by atoms with Gasteiger partial charge in [-0.3, -0.25) is 14.8 Å². The molecule has 10 heteroatoms. The molecule has 3 atom stereocenters. The second kappa shape index (κ2) is 12.0. The van der Waals surface area contributed by atoms with E-state index < -0.39 is 5.92 Å². The number of pyridine rings is 1. The molecule has 0 bridgehead atoms. The zero-order chi connectivity index (χ0) is 27.2. The summed E-state index contributed by atoms with van der Waals surface area (Å²) in [6.45, 7) is 4.76. The van der Waals surface area contributed by atoms with Crippen LogP contribution in [0.15, 0.2) is 40.4 Å². The number of nitrogens with one attached hydrogen (secondary N) is 2. The Labute approximate surface area is 222 Å². The number of ether oxygens (including phenoxy) is 2. The molecule has 1 aliphatic rings. The van der Waals surface area contributed by atoms with Crippen molar-refractivity contribution in [3.63, 3.8) is 0 Å². The maximum atomic E-state index is 12.0. The summed E-state index contributed by atoms with van der Waals surface area (Å²) in [6.07, 6.45) is 6.76. The van der Waals surface area contributed by atoms with Crippen LogP contribution in [0.3, 0.4) is 0 Å². The van der Waals surface area contributed by atoms with Gasteiger partial charge >= 0.3 is 0 Å². The first-order chi connectivity index (χ1) is 18.4. The Morgan fingerprint density at radius 1 is 1.29 bits per heavy atom. The molecule has 1 saturated heterocycles. The van der Waals surface area contributed by atoms with Crippen molar-refractivity contribution in [3.05, 3.63) is 47.2 Å². The summed E-state index contributed by atoms with van der Waals surface area (Å²) in [5.41, 5.74) is 4.35. The number of methoxy groups -OCH3 is 2. The number of nitrogens with zero attached hydrogens (tertiary/aromatic N) is 5. The van der Waals surface area contributed by atoms with Crippen LogP contribution in [-0.4, -0.2) is 60.2 Å². The van der Waals surface area contributed by atoms with E-state index in [0.717, 1.165) is 29.8 Å². The molecule has 1 aromatic carbocycles. The predicted octanol–water partition coefficient (Wildman–Crippen LogP) is 3.91. The summed E-state index contributed by atoms with van der Waals surface area (Å²) < 4.78 is 13.3. The van der Waals surface area contributed by atoms with Gasteiger partial charge in [0.1, 0.15) is 22.5 Å². The molecule has 0 saturated carbocycles. The van der Waals surface area contributed by atoms with Crippen LogP contribution in [0.1, 0.15) is 56.2 Å². The normalized spacial score (nSPS) is 17.6. The van der Waals surface area contributed by atoms with E-state index in [1.165, 1.54) is 6.21 Å². The number of benzene rings is 1. The monoisotopic (exact) mass is 517 g/mol. The van der Waals surface area contributed by atoms with Gasteiger partial charge in [-0.2, -0.15) is 0 Å². The smallest absolute Gasteiger partial charge is 0.220 e. The molecule has 2 aromatic heterocycles. The van der Waals surface area contributed by atoms with Crippen LogP contribution in [0.2, 0.25) is 0 Å². The van der Waals surface area contributed by atoms with E-state index in [4.69, 9.17) is 24.9 Å². The summed E-state index contributed by atoms with van der Waals surface area (Å²) in [4.78, 5) is 30.7. The van der Waals surface area contributed by atoms with Gasteiger partial charge in [0.15, 0.2) is 5.65 Å². The average molecular weight is 518 g/mol. The first-order valence-electron chi connectivity index (χ1n) is 12.8. The minimum Gasteiger partial charge on any atom is -0.497 e. The minimum absolute atomic E-state index is 0.0423. The van der Waals surface area contributed by atoms with Crippen molar-refractivity contribution in [3.8, 4) is 11.5 Å². The number of carbonyl (C=O) groups is 1. The van der Waals surface area contributed by atoms with E-state index in [9.17, 15) is 4.79 Å². The van der Waals surface area contributed by atoms with Crippen molar-refractivity contribution in [1.82, 2.24) is 19.9 Å². The zero-order valence-electron chi connectivity index (χ0n) is 22.6. The Bertz CT molecular complexity index is 1430. The van der Waals surface area contributed by atoms with Gasteiger partial charge in [-0.15, -0.1) is 0 Å². The van der Waals surface area contributed by atoms with Crippen molar-refractivity contribution in [1.29, 1.82) is 5.41 Å². The van der Waals surface area contributed by atoms with Gasteiger partial charge in [0.2, 0.25) is 5.91 Å². The standard InChI is InChI=1S/C28H35N7O3/c1-6-17(2)27-22(11-20(37-4)12-24(27)38-5)33-25-9-8-21-28(35(25)16-19-7-10-26(36)32-19)34-23(15-31-21)18(13-29)14-30-3/h8-9,11-15,17-19,29H,6-7,10,16H2,1-5H3,(H,32,36). The number of carbonyl (C=O) groups excluding carboxylic acids is 1. The van der Waals surface area contributed by atoms with Gasteiger partial charge in [-0.05, 0) is 30.9 Å². The first kappa shape index (κ1) is 27.0. The highest BCUT2D eigenvalue weighted by Gasteiger charge is 2.23. The summed E-state index contributed by atoms with van der Waals surface area (Å²) >= 11 is 0. The number of aromatic nitrogens is 3. The highest BCUT2D eigenvalue weighted by atomic mass is 16.5. The van der Waals surface area contributed by atoms with Gasteiger partial charge in [0.25, 0.3) is 0 Å². The lowest BCUT2D eigenvalue weighted by Gasteiger charge is -2.19. The SMILES string of the molecule is CCC(C)c1c(N=c2ccc3ncc(C(C=N)C=NC)nc3n2CC2CCC(=O)N2)cc(OC)cc1OC. The molecule has 4 rings (SSSR count). The largest absolute Gasteiger partial charge is 0.497 e. The highest BCUT2D eigenvalue weighted by molar-refractivity contribution is 5.88. The van der Waals surface area contributed by atoms with Crippen molar-refractivity contribution in [2.75, 3.05) is 21.3 Å². The van der Waals surface area contributed by atoms with Crippen molar-refractivity contribution in [2.45, 2.75) is 57.5 Å². The lowest BCUT2D eigenvalue weighted by molar-refractivity contribution is -0.119. The van der Waals surface area contributed by atoms with E-state index in [0.29, 0.717) is 41.1 Å². The van der Waals surface area contributed by atoms with Gasteiger partial charge in [-0.1, -0.05) is 13.8 Å². The molecule has 0 spiro atoms. The Balaban J connectivity index is 2.00. The Hall–Kier alpha value is -4.08. The molecule has 0 aliphatic carbocycles. The van der Waals surface area contributed by atoms with Gasteiger partial charge < -0.3 is 24.8 Å². The molecule has 1 fully saturated rings. The van der Waals surface area contributed by atoms with E-state index >= 15 is 0 Å². The number of amides is 1. The van der Waals surface area contributed by atoms with Gasteiger partial charge in [0.05, 0.1) is 37.7 Å². The molecule has 2 N–H and O–H groups in total. The van der Waals surface area contributed by atoms with Crippen molar-refractivity contribution in [2.24, 2.45) is 9.98 Å². The van der Waals surface area contributed by atoms with E-state index in [2.05, 4.69) is 29.1 Å². The molecule has 38 heavy (non-hydrogen) atoms. The third-order valence-corrected chi connectivity index (χ3v) is 6.93. The lowest BCUT2D eigenvalue weighted by atomic mass is 9.95. The third kappa shape index (κ3) is 5.58. The fraction of sp³-hybridized carbons (Fsp3) is 0.429. The van der Waals surface area contributed by atoms with Crippen LogP contribution in [0.5, 0.6) is 11.5 Å². The number of aliphatic imine (C=N–C) groups is 1. The number of fused-ring (bicyclic) bond motifs is 1. The molecule has 3 aromatic rings. The number of hydrogen-bond donors (Lipinski definition) is 2. The molecule has 3 heterocycles. The first-order valence-corrected chi connectivity index (χ1v) is 12.8. The maximum absolute atomic E-state index is 12.0. The zero-order valence-corrected chi connectivity index (χ0v) is 22.6. The fourth-order valence-corrected chi connectivity index (χ4v) is 4.70. The van der Waals surface area contributed by atoms with Crippen LogP contribution in [0.4, 0.5) is 5.69 Å². The van der Waals surface area contributed by atoms with Crippen LogP contribution in [0, 0.1) is 5.41 Å². The quantitative estimate of drug-likeness (QED) is 0.394. The molecule has 1 aliphatic heterocycles. The average Bonchev–Trinajstić information content (AvgIpc) is 3.36. The molecular weight excluding hydrogens is 482 g/mol. The second-order valence-electron chi connectivity index (χ2n) is 9.39. The summed E-state index contributed by atoms with van der Waals surface area (Å²) in [5, 5.41) is 10.9. The molecule has 10 nitrogen and oxygen atoms in total. The van der Waals surface area contributed by atoms with Crippen LogP contribution in [-0.2, 0) is 11.3 Å². The van der Waals surface area contributed by atoms with Crippen LogP contribution < -0.4 is 20.3 Å². The van der Waals surface area contributed by atoms with E-state index in [1.54, 1.807) is 33.7 Å². The van der Waals surface area contributed by atoms with E-state index in [1.807, 2.05) is 28.8 Å². The molecule has 0 radical (unpaired) electrons. The molecule has 200 valence electrons. The third-order valence-electron chi connectivity index (χ3n) is 6.93. The maximum Gasteiger partial charge on any atom is 0.220 e. The molecule has 3 unspecified atom stereocenters. The predicted molar refractivity (Wildman–Crippen MR) is 148 cm³/mol. The Kier molecular flexibility index (Phi) is 8.50. The lowest BCUT2D eigenvalue weighted by Crippen LogP contribution is -2.34.